The van der Waals surface area contributed by atoms with E-state index in [1.807, 2.05) is 0 Å². The molecule has 0 spiro atoms. The summed E-state index contributed by atoms with van der Waals surface area (Å²) in [5.41, 5.74) is 0. The van der Waals surface area contributed by atoms with Gasteiger partial charge in [0.15, 0.2) is 5.76 Å². The van der Waals surface area contributed by atoms with Gasteiger partial charge in [0.05, 0.1) is 16.6 Å². The molecule has 1 fully saturated rings. The first kappa shape index (κ1) is 14.0. The number of benzene rings is 1. The fourth-order valence-corrected chi connectivity index (χ4v) is 2.88. The quantitative estimate of drug-likeness (QED) is 0.923. The van der Waals surface area contributed by atoms with Crippen LogP contribution in [0.3, 0.4) is 0 Å². The van der Waals surface area contributed by atoms with Gasteiger partial charge < -0.3 is 9.73 Å². The Morgan fingerprint density at radius 2 is 1.95 bits per heavy atom. The maximum Gasteiger partial charge on any atom is 0.287 e. The van der Waals surface area contributed by atoms with Gasteiger partial charge >= 0.3 is 0 Å². The molecule has 1 amide bonds. The molecule has 0 radical (unpaired) electrons. The second-order valence-corrected chi connectivity index (χ2v) is 6.41. The number of hydrogen-bond donors (Lipinski definition) is 1. The molecule has 2 aromatic rings. The molecule has 0 bridgehead atoms. The highest BCUT2D eigenvalue weighted by Crippen LogP contribution is 2.20. The van der Waals surface area contributed by atoms with Gasteiger partial charge in [-0.1, -0.05) is 0 Å². The smallest absolute Gasteiger partial charge is 0.287 e. The van der Waals surface area contributed by atoms with Crippen LogP contribution in [-0.2, 0) is 16.6 Å². The molecule has 1 aromatic carbocycles. The Balaban J connectivity index is 1.64. The highest BCUT2D eigenvalue weighted by atomic mass is 32.2. The lowest BCUT2D eigenvalue weighted by molar-refractivity contribution is 0.0922. The lowest BCUT2D eigenvalue weighted by Crippen LogP contribution is -2.24. The van der Waals surface area contributed by atoms with Crippen molar-refractivity contribution in [1.82, 2.24) is 5.32 Å². The number of furan rings is 1. The molecule has 1 aromatic heterocycles. The van der Waals surface area contributed by atoms with Crippen LogP contribution in [0.15, 0.2) is 45.7 Å². The average molecular weight is 307 g/mol. The van der Waals surface area contributed by atoms with Gasteiger partial charge in [0.1, 0.15) is 11.6 Å². The third-order valence-electron chi connectivity index (χ3n) is 3.15. The fourth-order valence-electron chi connectivity index (χ4n) is 1.86. The van der Waals surface area contributed by atoms with Gasteiger partial charge in [-0.3, -0.25) is 9.00 Å². The summed E-state index contributed by atoms with van der Waals surface area (Å²) in [6, 6.07) is 8.98. The van der Waals surface area contributed by atoms with E-state index in [2.05, 4.69) is 5.32 Å². The molecular formula is C15H14FNO3S. The zero-order chi connectivity index (χ0) is 14.8. The molecular weight excluding hydrogens is 293 g/mol. The maximum atomic E-state index is 12.8. The number of rotatable bonds is 5. The van der Waals surface area contributed by atoms with E-state index >= 15 is 0 Å². The zero-order valence-corrected chi connectivity index (χ0v) is 12.0. The van der Waals surface area contributed by atoms with Gasteiger partial charge in [-0.25, -0.2) is 4.39 Å². The van der Waals surface area contributed by atoms with Crippen molar-refractivity contribution in [2.45, 2.75) is 29.5 Å². The number of halogens is 1. The van der Waals surface area contributed by atoms with E-state index in [0.717, 1.165) is 12.8 Å². The molecule has 1 heterocycles. The van der Waals surface area contributed by atoms with E-state index in [4.69, 9.17) is 4.42 Å². The summed E-state index contributed by atoms with van der Waals surface area (Å²) in [6.07, 6.45) is 2.02. The minimum Gasteiger partial charge on any atom is -0.455 e. The summed E-state index contributed by atoms with van der Waals surface area (Å²) in [5.74, 6) is 0.248. The van der Waals surface area contributed by atoms with Crippen molar-refractivity contribution in [2.24, 2.45) is 0 Å². The minimum absolute atomic E-state index is 0.155. The molecule has 1 N–H and O–H groups in total. The van der Waals surface area contributed by atoms with Crippen LogP contribution in [0.4, 0.5) is 4.39 Å². The average Bonchev–Trinajstić information content (AvgIpc) is 3.15. The van der Waals surface area contributed by atoms with Crippen molar-refractivity contribution in [3.05, 3.63) is 53.7 Å². The fraction of sp³-hybridized carbons (Fsp3) is 0.267. The van der Waals surface area contributed by atoms with Crippen molar-refractivity contribution < 1.29 is 17.8 Å². The Hall–Kier alpha value is -1.95. The third kappa shape index (κ3) is 3.58. The number of carbonyl (C=O) groups excluding carboxylic acids is 1. The van der Waals surface area contributed by atoms with Crippen molar-refractivity contribution in [2.75, 3.05) is 0 Å². The van der Waals surface area contributed by atoms with Crippen LogP contribution in [0.1, 0.15) is 29.2 Å². The summed E-state index contributed by atoms with van der Waals surface area (Å²) < 4.78 is 30.3. The minimum atomic E-state index is -1.33. The van der Waals surface area contributed by atoms with Crippen LogP contribution in [0.2, 0.25) is 0 Å². The van der Waals surface area contributed by atoms with Gasteiger partial charge in [0, 0.05) is 10.9 Å². The van der Waals surface area contributed by atoms with Gasteiger partial charge in [0.2, 0.25) is 0 Å². The van der Waals surface area contributed by atoms with Gasteiger partial charge in [-0.05, 0) is 49.2 Å². The summed E-state index contributed by atoms with van der Waals surface area (Å²) in [4.78, 5) is 12.3. The van der Waals surface area contributed by atoms with Crippen LogP contribution >= 0.6 is 0 Å². The number of hydrogen-bond acceptors (Lipinski definition) is 3. The molecule has 4 nitrogen and oxygen atoms in total. The Kier molecular flexibility index (Phi) is 3.88. The second kappa shape index (κ2) is 5.81. The topological polar surface area (TPSA) is 59.3 Å². The van der Waals surface area contributed by atoms with E-state index in [0.29, 0.717) is 10.7 Å². The standard InChI is InChI=1S/C15H14FNO3S/c16-10-1-6-13(7-2-10)21(19)9-12-5-8-14(20-12)15(18)17-11-3-4-11/h1-2,5-8,11H,3-4,9H2,(H,17,18)/t21-/m0/s1. The molecule has 3 rings (SSSR count). The van der Waals surface area contributed by atoms with Crippen LogP contribution in [0.5, 0.6) is 0 Å². The van der Waals surface area contributed by atoms with Crippen LogP contribution < -0.4 is 5.32 Å². The van der Waals surface area contributed by atoms with E-state index < -0.39 is 10.8 Å². The van der Waals surface area contributed by atoms with Crippen molar-refractivity contribution in [3.63, 3.8) is 0 Å². The number of nitrogens with one attached hydrogen (secondary N) is 1. The van der Waals surface area contributed by atoms with Crippen molar-refractivity contribution in [3.8, 4) is 0 Å². The first-order valence-corrected chi connectivity index (χ1v) is 7.97. The highest BCUT2D eigenvalue weighted by Gasteiger charge is 2.25. The third-order valence-corrected chi connectivity index (χ3v) is 4.49. The normalized spacial score (nSPS) is 15.7. The van der Waals surface area contributed by atoms with Crippen LogP contribution in [0.25, 0.3) is 0 Å². The molecule has 1 saturated carbocycles. The number of carbonyl (C=O) groups is 1. The van der Waals surface area contributed by atoms with Gasteiger partial charge in [-0.15, -0.1) is 0 Å². The van der Waals surface area contributed by atoms with Crippen molar-refractivity contribution >= 4 is 16.7 Å². The summed E-state index contributed by atoms with van der Waals surface area (Å²) in [6.45, 7) is 0. The molecule has 110 valence electrons. The van der Waals surface area contributed by atoms with E-state index in [1.54, 1.807) is 12.1 Å². The van der Waals surface area contributed by atoms with Crippen LogP contribution in [0, 0.1) is 5.82 Å². The molecule has 1 atom stereocenters. The molecule has 6 heteroatoms. The molecule has 21 heavy (non-hydrogen) atoms. The second-order valence-electron chi connectivity index (χ2n) is 4.96. The van der Waals surface area contributed by atoms with E-state index in [9.17, 15) is 13.4 Å². The Bertz CT molecular complexity index is 676. The Labute approximate surface area is 123 Å². The molecule has 0 unspecified atom stereocenters. The molecule has 1 aliphatic carbocycles. The van der Waals surface area contributed by atoms with Crippen LogP contribution in [-0.4, -0.2) is 16.2 Å². The zero-order valence-electron chi connectivity index (χ0n) is 11.2. The number of amides is 1. The summed E-state index contributed by atoms with van der Waals surface area (Å²) >= 11 is 0. The Morgan fingerprint density at radius 1 is 1.24 bits per heavy atom. The molecule has 0 saturated heterocycles. The predicted molar refractivity (Wildman–Crippen MR) is 75.7 cm³/mol. The Morgan fingerprint density at radius 3 is 2.62 bits per heavy atom. The first-order valence-electron chi connectivity index (χ1n) is 6.65. The summed E-state index contributed by atoms with van der Waals surface area (Å²) in [5, 5.41) is 2.82. The molecule has 0 aliphatic heterocycles. The largest absolute Gasteiger partial charge is 0.455 e. The van der Waals surface area contributed by atoms with E-state index in [1.165, 1.54) is 24.3 Å². The molecule has 1 aliphatic rings. The predicted octanol–water partition coefficient (Wildman–Crippen LogP) is 2.62. The van der Waals surface area contributed by atoms with Crippen molar-refractivity contribution in [1.29, 1.82) is 0 Å². The van der Waals surface area contributed by atoms with Gasteiger partial charge in [0.25, 0.3) is 5.91 Å². The lowest BCUT2D eigenvalue weighted by Gasteiger charge is -2.01. The lowest BCUT2D eigenvalue weighted by atomic mass is 10.4. The first-order chi connectivity index (χ1) is 10.1. The van der Waals surface area contributed by atoms with E-state index in [-0.39, 0.29) is 29.3 Å². The highest BCUT2D eigenvalue weighted by molar-refractivity contribution is 7.84. The monoisotopic (exact) mass is 307 g/mol. The maximum absolute atomic E-state index is 12.8. The SMILES string of the molecule is O=C(NC1CC1)c1ccc(C[S@](=O)c2ccc(F)cc2)o1. The summed E-state index contributed by atoms with van der Waals surface area (Å²) in [7, 11) is -1.33. The van der Waals surface area contributed by atoms with Gasteiger partial charge in [-0.2, -0.15) is 0 Å².